The van der Waals surface area contributed by atoms with E-state index in [1.54, 1.807) is 42.3 Å². The molecule has 1 saturated heterocycles. The molecule has 1 fully saturated rings. The number of sulfonamides is 1. The molecular weight excluding hydrogens is 416 g/mol. The van der Waals surface area contributed by atoms with Gasteiger partial charge in [0.2, 0.25) is 15.9 Å². The van der Waals surface area contributed by atoms with Crippen LogP contribution < -0.4 is 4.74 Å². The van der Waals surface area contributed by atoms with Gasteiger partial charge in [-0.15, -0.1) is 0 Å². The molecule has 0 spiro atoms. The maximum Gasteiger partial charge on any atom is 0.246 e. The molecule has 1 aliphatic rings. The number of benzene rings is 2. The fourth-order valence-electron chi connectivity index (χ4n) is 3.10. The van der Waals surface area contributed by atoms with Gasteiger partial charge in [-0.05, 0) is 48.4 Å². The number of carbonyl (C=O) groups excluding carboxylic acids is 1. The highest BCUT2D eigenvalue weighted by atomic mass is 32.2. The molecule has 166 valence electrons. The molecule has 0 bridgehead atoms. The normalized spacial score (nSPS) is 15.2. The molecule has 1 heterocycles. The molecule has 7 nitrogen and oxygen atoms in total. The second-order valence-electron chi connectivity index (χ2n) is 7.34. The molecule has 1 amide bonds. The van der Waals surface area contributed by atoms with Gasteiger partial charge in [-0.1, -0.05) is 24.3 Å². The molecule has 0 atom stereocenters. The van der Waals surface area contributed by atoms with E-state index in [-0.39, 0.29) is 10.8 Å². The van der Waals surface area contributed by atoms with Crippen molar-refractivity contribution in [1.82, 2.24) is 9.21 Å². The van der Waals surface area contributed by atoms with Crippen LogP contribution in [0.1, 0.15) is 11.1 Å². The maximum atomic E-state index is 12.7. The predicted molar refractivity (Wildman–Crippen MR) is 119 cm³/mol. The number of hydrogen-bond acceptors (Lipinski definition) is 5. The Bertz CT molecular complexity index is 1010. The van der Waals surface area contributed by atoms with Crippen molar-refractivity contribution in [3.05, 3.63) is 65.7 Å². The zero-order chi connectivity index (χ0) is 22.3. The van der Waals surface area contributed by atoms with Crippen LogP contribution in [0.4, 0.5) is 0 Å². The summed E-state index contributed by atoms with van der Waals surface area (Å²) in [5.41, 5.74) is 1.87. The first-order chi connectivity index (χ1) is 14.9. The fourth-order valence-corrected chi connectivity index (χ4v) is 4.51. The van der Waals surface area contributed by atoms with Crippen LogP contribution in [0.3, 0.4) is 0 Å². The first-order valence-corrected chi connectivity index (χ1v) is 11.6. The first-order valence-electron chi connectivity index (χ1n) is 10.2. The summed E-state index contributed by atoms with van der Waals surface area (Å²) in [4.78, 5) is 14.1. The topological polar surface area (TPSA) is 76.2 Å². The highest BCUT2D eigenvalue weighted by molar-refractivity contribution is 7.89. The van der Waals surface area contributed by atoms with Crippen LogP contribution in [-0.2, 0) is 19.6 Å². The van der Waals surface area contributed by atoms with E-state index >= 15 is 0 Å². The van der Waals surface area contributed by atoms with Crippen LogP contribution in [0, 0.1) is 6.92 Å². The monoisotopic (exact) mass is 444 g/mol. The zero-order valence-corrected chi connectivity index (χ0v) is 18.7. The molecule has 0 unspecified atom stereocenters. The van der Waals surface area contributed by atoms with Crippen LogP contribution >= 0.6 is 0 Å². The summed E-state index contributed by atoms with van der Waals surface area (Å²) >= 11 is 0. The Hall–Kier alpha value is -2.68. The Kier molecular flexibility index (Phi) is 7.84. The molecule has 1 aliphatic heterocycles. The molecule has 31 heavy (non-hydrogen) atoms. The summed E-state index contributed by atoms with van der Waals surface area (Å²) in [6, 6.07) is 14.3. The van der Waals surface area contributed by atoms with Gasteiger partial charge in [0.25, 0.3) is 0 Å². The summed E-state index contributed by atoms with van der Waals surface area (Å²) in [5.74, 6) is 0.626. The quantitative estimate of drug-likeness (QED) is 0.585. The predicted octanol–water partition coefficient (Wildman–Crippen LogP) is 2.57. The number of likely N-dealkylation sites (N-methyl/N-ethyl adjacent to an activating group) is 1. The van der Waals surface area contributed by atoms with E-state index in [2.05, 4.69) is 0 Å². The van der Waals surface area contributed by atoms with E-state index in [1.165, 1.54) is 10.4 Å². The average Bonchev–Trinajstić information content (AvgIpc) is 2.78. The summed E-state index contributed by atoms with van der Waals surface area (Å²) in [5, 5.41) is 0. The molecule has 0 N–H and O–H groups in total. The van der Waals surface area contributed by atoms with E-state index < -0.39 is 10.0 Å². The Morgan fingerprint density at radius 1 is 1.16 bits per heavy atom. The Morgan fingerprint density at radius 2 is 1.87 bits per heavy atom. The molecule has 2 aromatic carbocycles. The molecule has 0 aromatic heterocycles. The van der Waals surface area contributed by atoms with Crippen LogP contribution in [0.5, 0.6) is 5.75 Å². The largest absolute Gasteiger partial charge is 0.492 e. The Balaban J connectivity index is 1.51. The fraction of sp³-hybridized carbons (Fsp3) is 0.348. The number of hydrogen-bond donors (Lipinski definition) is 0. The third kappa shape index (κ3) is 6.40. The number of rotatable bonds is 8. The van der Waals surface area contributed by atoms with Gasteiger partial charge in [-0.2, -0.15) is 4.31 Å². The van der Waals surface area contributed by atoms with Crippen molar-refractivity contribution in [2.24, 2.45) is 0 Å². The van der Waals surface area contributed by atoms with Crippen molar-refractivity contribution in [3.63, 3.8) is 0 Å². The second kappa shape index (κ2) is 10.6. The van der Waals surface area contributed by atoms with E-state index in [1.807, 2.05) is 31.2 Å². The Morgan fingerprint density at radius 3 is 2.55 bits per heavy atom. The lowest BCUT2D eigenvalue weighted by Gasteiger charge is -2.26. The summed E-state index contributed by atoms with van der Waals surface area (Å²) in [6.45, 7) is 4.38. The van der Waals surface area contributed by atoms with Gasteiger partial charge in [-0.25, -0.2) is 8.42 Å². The smallest absolute Gasteiger partial charge is 0.246 e. The van der Waals surface area contributed by atoms with E-state index in [0.717, 1.165) is 16.9 Å². The lowest BCUT2D eigenvalue weighted by Crippen LogP contribution is -2.40. The number of amides is 1. The van der Waals surface area contributed by atoms with E-state index in [9.17, 15) is 13.2 Å². The van der Waals surface area contributed by atoms with E-state index in [4.69, 9.17) is 9.47 Å². The van der Waals surface area contributed by atoms with Gasteiger partial charge in [0.05, 0.1) is 24.7 Å². The standard InChI is InChI=1S/C23H28N2O5S/c1-19-4-3-5-21(18-19)30-17-12-24(2)23(26)11-8-20-6-9-22(10-7-20)31(27,28)25-13-15-29-16-14-25/h3-11,18H,12-17H2,1-2H3. The highest BCUT2D eigenvalue weighted by Crippen LogP contribution is 2.18. The maximum absolute atomic E-state index is 12.7. The molecule has 3 rings (SSSR count). The van der Waals surface area contributed by atoms with Crippen molar-refractivity contribution in [2.75, 3.05) is 46.5 Å². The van der Waals surface area contributed by atoms with Crippen molar-refractivity contribution in [3.8, 4) is 5.75 Å². The molecule has 0 aliphatic carbocycles. The van der Waals surface area contributed by atoms with Gasteiger partial charge in [0.15, 0.2) is 0 Å². The average molecular weight is 445 g/mol. The molecular formula is C23H28N2O5S. The number of nitrogens with zero attached hydrogens (tertiary/aromatic N) is 2. The lowest BCUT2D eigenvalue weighted by atomic mass is 10.2. The third-order valence-corrected chi connectivity index (χ3v) is 6.88. The zero-order valence-electron chi connectivity index (χ0n) is 17.9. The Labute approximate surface area is 183 Å². The summed E-state index contributed by atoms with van der Waals surface area (Å²) in [6.07, 6.45) is 3.14. The molecule has 0 radical (unpaired) electrons. The van der Waals surface area contributed by atoms with Crippen molar-refractivity contribution in [1.29, 1.82) is 0 Å². The lowest BCUT2D eigenvalue weighted by molar-refractivity contribution is -0.125. The highest BCUT2D eigenvalue weighted by Gasteiger charge is 2.25. The number of morpholine rings is 1. The van der Waals surface area contributed by atoms with Crippen molar-refractivity contribution in [2.45, 2.75) is 11.8 Å². The summed E-state index contributed by atoms with van der Waals surface area (Å²) in [7, 11) is -1.81. The van der Waals surface area contributed by atoms with Crippen LogP contribution in [0.25, 0.3) is 6.08 Å². The minimum Gasteiger partial charge on any atom is -0.492 e. The SMILES string of the molecule is Cc1cccc(OCCN(C)C(=O)C=Cc2ccc(S(=O)(=O)N3CCOCC3)cc2)c1. The van der Waals surface area contributed by atoms with Crippen LogP contribution in [0.2, 0.25) is 0 Å². The summed E-state index contributed by atoms with van der Waals surface area (Å²) < 4.78 is 37.6. The van der Waals surface area contributed by atoms with Gasteiger partial charge in [0, 0.05) is 26.2 Å². The first kappa shape index (κ1) is 23.0. The van der Waals surface area contributed by atoms with Crippen molar-refractivity contribution < 1.29 is 22.7 Å². The third-order valence-electron chi connectivity index (χ3n) is 4.97. The van der Waals surface area contributed by atoms with Crippen LogP contribution in [-0.4, -0.2) is 70.0 Å². The number of ether oxygens (including phenoxy) is 2. The molecule has 2 aromatic rings. The van der Waals surface area contributed by atoms with Gasteiger partial charge >= 0.3 is 0 Å². The van der Waals surface area contributed by atoms with Gasteiger partial charge in [-0.3, -0.25) is 4.79 Å². The molecule has 0 saturated carbocycles. The number of aryl methyl sites for hydroxylation is 1. The van der Waals surface area contributed by atoms with E-state index in [0.29, 0.717) is 39.5 Å². The van der Waals surface area contributed by atoms with Crippen LogP contribution in [0.15, 0.2) is 59.5 Å². The van der Waals surface area contributed by atoms with Crippen molar-refractivity contribution >= 4 is 22.0 Å². The minimum absolute atomic E-state index is 0.155. The second-order valence-corrected chi connectivity index (χ2v) is 9.28. The van der Waals surface area contributed by atoms with Gasteiger partial charge < -0.3 is 14.4 Å². The minimum atomic E-state index is -3.52. The van der Waals surface area contributed by atoms with Gasteiger partial charge in [0.1, 0.15) is 12.4 Å². The molecule has 8 heteroatoms. The number of carbonyl (C=O) groups is 1.